The van der Waals surface area contributed by atoms with E-state index in [1.165, 1.54) is 27.1 Å². The minimum atomic E-state index is -0.667. The molecule has 0 aliphatic heterocycles. The van der Waals surface area contributed by atoms with E-state index >= 15 is 0 Å². The molecule has 0 saturated carbocycles. The molecule has 0 fully saturated rings. The van der Waals surface area contributed by atoms with Gasteiger partial charge in [0.25, 0.3) is 0 Å². The molecule has 0 heterocycles. The van der Waals surface area contributed by atoms with Gasteiger partial charge in [0.05, 0.1) is 20.8 Å². The van der Waals surface area contributed by atoms with Crippen LogP contribution in [0.3, 0.4) is 0 Å². The van der Waals surface area contributed by atoms with E-state index in [0.29, 0.717) is 18.1 Å². The molecule has 7 nitrogen and oxygen atoms in total. The number of carbonyl (C=O) groups excluding carboxylic acids is 2. The Morgan fingerprint density at radius 1 is 0.885 bits per heavy atom. The quantitative estimate of drug-likeness (QED) is 0.301. The standard InChI is InChI=1S/C19H28O7/c1-4-5-6-7-8-12-25-17(20)13-24-14-18(21)26-19-15(22-2)10-9-11-16(19)23-3/h9-11H,4-8,12-14H2,1-3H3. The first-order chi connectivity index (χ1) is 12.6. The molecule has 0 saturated heterocycles. The van der Waals surface area contributed by atoms with Gasteiger partial charge in [-0.3, -0.25) is 0 Å². The molecule has 1 aromatic carbocycles. The fraction of sp³-hybridized carbons (Fsp3) is 0.579. The van der Waals surface area contributed by atoms with Crippen molar-refractivity contribution in [3.05, 3.63) is 18.2 Å². The summed E-state index contributed by atoms with van der Waals surface area (Å²) in [6, 6.07) is 5.00. The highest BCUT2D eigenvalue weighted by molar-refractivity contribution is 5.76. The highest BCUT2D eigenvalue weighted by Gasteiger charge is 2.16. The van der Waals surface area contributed by atoms with Crippen LogP contribution in [-0.4, -0.2) is 46.0 Å². The predicted molar refractivity (Wildman–Crippen MR) is 95.7 cm³/mol. The molecule has 0 unspecified atom stereocenters. The Kier molecular flexibility index (Phi) is 10.9. The van der Waals surface area contributed by atoms with E-state index in [2.05, 4.69) is 6.92 Å². The van der Waals surface area contributed by atoms with Crippen molar-refractivity contribution < 1.29 is 33.3 Å². The highest BCUT2D eigenvalue weighted by Crippen LogP contribution is 2.36. The van der Waals surface area contributed by atoms with Gasteiger partial charge in [-0.15, -0.1) is 0 Å². The molecule has 7 heteroatoms. The summed E-state index contributed by atoms with van der Waals surface area (Å²) in [7, 11) is 2.92. The zero-order valence-electron chi connectivity index (χ0n) is 15.7. The Morgan fingerprint density at radius 2 is 1.50 bits per heavy atom. The Labute approximate surface area is 154 Å². The zero-order chi connectivity index (χ0) is 19.2. The summed E-state index contributed by atoms with van der Waals surface area (Å²) in [4.78, 5) is 23.4. The van der Waals surface area contributed by atoms with Crippen molar-refractivity contribution in [1.29, 1.82) is 0 Å². The second-order valence-corrected chi connectivity index (χ2v) is 5.59. The number of carbonyl (C=O) groups is 2. The molecule has 0 aromatic heterocycles. The number of hydrogen-bond acceptors (Lipinski definition) is 7. The molecule has 1 rings (SSSR count). The molecule has 0 atom stereocenters. The van der Waals surface area contributed by atoms with Crippen LogP contribution in [0.1, 0.15) is 39.0 Å². The van der Waals surface area contributed by atoms with Gasteiger partial charge in [-0.05, 0) is 18.6 Å². The predicted octanol–water partition coefficient (Wildman–Crippen LogP) is 3.14. The minimum absolute atomic E-state index is 0.167. The summed E-state index contributed by atoms with van der Waals surface area (Å²) in [5, 5.41) is 0. The van der Waals surface area contributed by atoms with Crippen LogP contribution < -0.4 is 14.2 Å². The van der Waals surface area contributed by atoms with Crippen molar-refractivity contribution in [2.75, 3.05) is 34.0 Å². The van der Waals surface area contributed by atoms with Gasteiger partial charge in [0.15, 0.2) is 11.5 Å². The van der Waals surface area contributed by atoms with E-state index in [1.807, 2.05) is 0 Å². The third-order valence-corrected chi connectivity index (χ3v) is 3.55. The summed E-state index contributed by atoms with van der Waals surface area (Å²) in [6.45, 7) is 1.83. The summed E-state index contributed by atoms with van der Waals surface area (Å²) in [6.07, 6.45) is 5.37. The lowest BCUT2D eigenvalue weighted by atomic mass is 10.2. The van der Waals surface area contributed by atoms with E-state index in [-0.39, 0.29) is 19.0 Å². The number of methoxy groups -OCH3 is 2. The molecule has 146 valence electrons. The van der Waals surface area contributed by atoms with Crippen molar-refractivity contribution in [2.24, 2.45) is 0 Å². The van der Waals surface area contributed by atoms with Gasteiger partial charge in [-0.1, -0.05) is 38.7 Å². The molecule has 1 aromatic rings. The Bertz CT molecular complexity index is 535. The van der Waals surface area contributed by atoms with Crippen LogP contribution in [0.15, 0.2) is 18.2 Å². The molecule has 26 heavy (non-hydrogen) atoms. The van der Waals surface area contributed by atoms with Crippen molar-refractivity contribution >= 4 is 11.9 Å². The van der Waals surface area contributed by atoms with E-state index < -0.39 is 11.9 Å². The van der Waals surface area contributed by atoms with Crippen LogP contribution in [-0.2, 0) is 19.1 Å². The third kappa shape index (κ3) is 8.20. The minimum Gasteiger partial charge on any atom is -0.493 e. The number of hydrogen-bond donors (Lipinski definition) is 0. The van der Waals surface area contributed by atoms with E-state index in [9.17, 15) is 9.59 Å². The first-order valence-corrected chi connectivity index (χ1v) is 8.77. The lowest BCUT2D eigenvalue weighted by Crippen LogP contribution is -2.20. The maximum Gasteiger partial charge on any atom is 0.337 e. The fourth-order valence-electron chi connectivity index (χ4n) is 2.21. The molecule has 0 radical (unpaired) electrons. The second kappa shape index (κ2) is 13.0. The summed E-state index contributed by atoms with van der Waals surface area (Å²) in [5.74, 6) is -0.274. The Balaban J connectivity index is 2.28. The van der Waals surface area contributed by atoms with Crippen LogP contribution in [0.2, 0.25) is 0 Å². The third-order valence-electron chi connectivity index (χ3n) is 3.55. The van der Waals surface area contributed by atoms with E-state index in [4.69, 9.17) is 23.7 Å². The average molecular weight is 368 g/mol. The molecular weight excluding hydrogens is 340 g/mol. The number of unbranched alkanes of at least 4 members (excludes halogenated alkanes) is 4. The Hall–Kier alpha value is -2.28. The topological polar surface area (TPSA) is 80.3 Å². The van der Waals surface area contributed by atoms with Gasteiger partial charge in [0.1, 0.15) is 13.2 Å². The number of ether oxygens (including phenoxy) is 5. The summed E-state index contributed by atoms with van der Waals surface area (Å²) in [5.41, 5.74) is 0. The van der Waals surface area contributed by atoms with Crippen molar-refractivity contribution in [3.8, 4) is 17.2 Å². The number of rotatable bonds is 13. The first-order valence-electron chi connectivity index (χ1n) is 8.77. The van der Waals surface area contributed by atoms with Crippen molar-refractivity contribution in [2.45, 2.75) is 39.0 Å². The monoisotopic (exact) mass is 368 g/mol. The van der Waals surface area contributed by atoms with Gasteiger partial charge in [-0.2, -0.15) is 0 Å². The maximum atomic E-state index is 11.9. The molecule has 0 amide bonds. The van der Waals surface area contributed by atoms with Crippen LogP contribution in [0, 0.1) is 0 Å². The second-order valence-electron chi connectivity index (χ2n) is 5.59. The molecule has 0 aliphatic rings. The maximum absolute atomic E-state index is 11.9. The summed E-state index contributed by atoms with van der Waals surface area (Å²) < 4.78 is 25.6. The van der Waals surface area contributed by atoms with Gasteiger partial charge >= 0.3 is 11.9 Å². The fourth-order valence-corrected chi connectivity index (χ4v) is 2.21. The van der Waals surface area contributed by atoms with Crippen LogP contribution >= 0.6 is 0 Å². The van der Waals surface area contributed by atoms with Crippen molar-refractivity contribution in [1.82, 2.24) is 0 Å². The average Bonchev–Trinajstić information content (AvgIpc) is 2.64. The van der Waals surface area contributed by atoms with Gasteiger partial charge < -0.3 is 23.7 Å². The number of benzene rings is 1. The molecule has 0 spiro atoms. The van der Waals surface area contributed by atoms with Gasteiger partial charge in [0, 0.05) is 0 Å². The molecule has 0 N–H and O–H groups in total. The smallest absolute Gasteiger partial charge is 0.337 e. The van der Waals surface area contributed by atoms with Crippen LogP contribution in [0.5, 0.6) is 17.2 Å². The number of para-hydroxylation sites is 1. The highest BCUT2D eigenvalue weighted by atomic mass is 16.6. The van der Waals surface area contributed by atoms with Crippen LogP contribution in [0.25, 0.3) is 0 Å². The number of esters is 2. The van der Waals surface area contributed by atoms with Crippen molar-refractivity contribution in [3.63, 3.8) is 0 Å². The molecule has 0 bridgehead atoms. The molecular formula is C19H28O7. The lowest BCUT2D eigenvalue weighted by Gasteiger charge is -2.12. The van der Waals surface area contributed by atoms with Gasteiger partial charge in [-0.25, -0.2) is 9.59 Å². The van der Waals surface area contributed by atoms with Gasteiger partial charge in [0.2, 0.25) is 5.75 Å². The van der Waals surface area contributed by atoms with Crippen LogP contribution in [0.4, 0.5) is 0 Å². The zero-order valence-corrected chi connectivity index (χ0v) is 15.7. The Morgan fingerprint density at radius 3 is 2.12 bits per heavy atom. The van der Waals surface area contributed by atoms with E-state index in [1.54, 1.807) is 18.2 Å². The largest absolute Gasteiger partial charge is 0.493 e. The SMILES string of the molecule is CCCCCCCOC(=O)COCC(=O)Oc1c(OC)cccc1OC. The lowest BCUT2D eigenvalue weighted by molar-refractivity contribution is -0.152. The first kappa shape index (κ1) is 21.8. The molecule has 0 aliphatic carbocycles. The summed E-state index contributed by atoms with van der Waals surface area (Å²) >= 11 is 0. The van der Waals surface area contributed by atoms with E-state index in [0.717, 1.165) is 19.3 Å². The normalized spacial score (nSPS) is 10.3.